The number of aromatic nitrogens is 2. The van der Waals surface area contributed by atoms with Crippen LogP contribution < -0.4 is 11.1 Å². The van der Waals surface area contributed by atoms with Crippen LogP contribution in [0, 0.1) is 5.92 Å². The summed E-state index contributed by atoms with van der Waals surface area (Å²) >= 11 is 0. The Morgan fingerprint density at radius 3 is 2.43 bits per heavy atom. The van der Waals surface area contributed by atoms with Crippen molar-refractivity contribution < 1.29 is 14.0 Å². The normalized spacial score (nSPS) is 12.1. The van der Waals surface area contributed by atoms with Crippen LogP contribution in [0.5, 0.6) is 0 Å². The molecule has 0 fully saturated rings. The van der Waals surface area contributed by atoms with Crippen molar-refractivity contribution >= 4 is 11.8 Å². The van der Waals surface area contributed by atoms with Crippen molar-refractivity contribution in [1.82, 2.24) is 15.5 Å². The Morgan fingerprint density at radius 1 is 1.19 bits per heavy atom. The van der Waals surface area contributed by atoms with Gasteiger partial charge in [0.2, 0.25) is 23.6 Å². The Labute approximate surface area is 121 Å². The predicted molar refractivity (Wildman–Crippen MR) is 74.7 cm³/mol. The Balaban J connectivity index is 2.24. The van der Waals surface area contributed by atoms with E-state index in [9.17, 15) is 9.59 Å². The Bertz CT molecular complexity index is 637. The Hall–Kier alpha value is -2.70. The second kappa shape index (κ2) is 6.17. The summed E-state index contributed by atoms with van der Waals surface area (Å²) in [4.78, 5) is 23.2. The molecule has 2 rings (SSSR count). The fraction of sp³-hybridized carbons (Fsp3) is 0.286. The maximum atomic E-state index is 11.7. The zero-order chi connectivity index (χ0) is 15.4. The van der Waals surface area contributed by atoms with Gasteiger partial charge in [-0.1, -0.05) is 32.0 Å². The average molecular weight is 288 g/mol. The molecule has 110 valence electrons. The smallest absolute Gasteiger partial charge is 0.249 e. The highest BCUT2D eigenvalue weighted by Gasteiger charge is 2.27. The maximum absolute atomic E-state index is 11.7. The molecule has 0 aliphatic heterocycles. The highest BCUT2D eigenvalue weighted by Crippen LogP contribution is 2.20. The number of nitrogens with two attached hydrogens (primary N) is 1. The van der Waals surface area contributed by atoms with Gasteiger partial charge in [0.15, 0.2) is 6.04 Å². The van der Waals surface area contributed by atoms with Crippen LogP contribution in [0.15, 0.2) is 34.7 Å². The van der Waals surface area contributed by atoms with Crippen molar-refractivity contribution in [1.29, 1.82) is 0 Å². The summed E-state index contributed by atoms with van der Waals surface area (Å²) in [6, 6.07) is 7.96. The summed E-state index contributed by atoms with van der Waals surface area (Å²) in [7, 11) is 0. The summed E-state index contributed by atoms with van der Waals surface area (Å²) in [5.74, 6) is -1.14. The molecule has 1 unspecified atom stereocenters. The average Bonchev–Trinajstić information content (AvgIpc) is 2.94. The number of benzene rings is 1. The molecule has 0 bridgehead atoms. The lowest BCUT2D eigenvalue weighted by molar-refractivity contribution is -0.129. The van der Waals surface area contributed by atoms with E-state index in [0.29, 0.717) is 0 Å². The summed E-state index contributed by atoms with van der Waals surface area (Å²) in [5, 5.41) is 10.1. The molecule has 0 saturated heterocycles. The highest BCUT2D eigenvalue weighted by molar-refractivity contribution is 5.87. The van der Waals surface area contributed by atoms with E-state index in [-0.39, 0.29) is 23.6 Å². The molecule has 7 heteroatoms. The number of carbonyl (C=O) groups is 2. The first kappa shape index (κ1) is 14.7. The van der Waals surface area contributed by atoms with Gasteiger partial charge in [-0.3, -0.25) is 9.59 Å². The number of nitrogens with zero attached hydrogens (tertiary/aromatic N) is 2. The minimum absolute atomic E-state index is 0.0321. The van der Waals surface area contributed by atoms with E-state index in [4.69, 9.17) is 10.2 Å². The van der Waals surface area contributed by atoms with E-state index in [1.54, 1.807) is 26.0 Å². The van der Waals surface area contributed by atoms with E-state index < -0.39 is 11.9 Å². The molecule has 0 spiro atoms. The minimum Gasteiger partial charge on any atom is -0.418 e. The van der Waals surface area contributed by atoms with E-state index in [1.807, 2.05) is 18.2 Å². The van der Waals surface area contributed by atoms with Crippen LogP contribution in [-0.2, 0) is 9.59 Å². The third-order valence-electron chi connectivity index (χ3n) is 2.80. The summed E-state index contributed by atoms with van der Waals surface area (Å²) < 4.78 is 5.44. The van der Waals surface area contributed by atoms with Gasteiger partial charge in [0.1, 0.15) is 0 Å². The fourth-order valence-corrected chi connectivity index (χ4v) is 1.61. The minimum atomic E-state index is -1.13. The molecule has 7 nitrogen and oxygen atoms in total. The summed E-state index contributed by atoms with van der Waals surface area (Å²) in [5.41, 5.74) is 6.00. The lowest BCUT2D eigenvalue weighted by Gasteiger charge is -2.13. The predicted octanol–water partition coefficient (Wildman–Crippen LogP) is 1.04. The standard InChI is InChI=1S/C14H16N4O3/c1-8(2)12(20)16-10(11(15)19)14-18-17-13(21-14)9-6-4-3-5-7-9/h3-8,10H,1-2H3,(H2,15,19)(H,16,20). The van der Waals surface area contributed by atoms with Crippen molar-refractivity contribution in [2.24, 2.45) is 11.7 Å². The second-order valence-electron chi connectivity index (χ2n) is 4.81. The zero-order valence-corrected chi connectivity index (χ0v) is 11.7. The van der Waals surface area contributed by atoms with E-state index in [2.05, 4.69) is 15.5 Å². The van der Waals surface area contributed by atoms with Gasteiger partial charge < -0.3 is 15.5 Å². The van der Waals surface area contributed by atoms with Crippen molar-refractivity contribution in [2.75, 3.05) is 0 Å². The van der Waals surface area contributed by atoms with Crippen LogP contribution >= 0.6 is 0 Å². The van der Waals surface area contributed by atoms with E-state index >= 15 is 0 Å². The second-order valence-corrected chi connectivity index (χ2v) is 4.81. The van der Waals surface area contributed by atoms with Crippen molar-refractivity contribution in [3.8, 4) is 11.5 Å². The summed E-state index contributed by atoms with van der Waals surface area (Å²) in [6.07, 6.45) is 0. The van der Waals surface area contributed by atoms with Crippen LogP contribution in [-0.4, -0.2) is 22.0 Å². The molecule has 1 heterocycles. The number of nitrogens with one attached hydrogen (secondary N) is 1. The number of carbonyl (C=O) groups excluding carboxylic acids is 2. The molecular formula is C14H16N4O3. The van der Waals surface area contributed by atoms with Gasteiger partial charge in [-0.25, -0.2) is 0 Å². The van der Waals surface area contributed by atoms with Crippen LogP contribution in [0.2, 0.25) is 0 Å². The molecule has 3 N–H and O–H groups in total. The van der Waals surface area contributed by atoms with Gasteiger partial charge in [-0.2, -0.15) is 0 Å². The Morgan fingerprint density at radius 2 is 1.86 bits per heavy atom. The first-order chi connectivity index (χ1) is 9.99. The van der Waals surface area contributed by atoms with Crippen LogP contribution in [0.1, 0.15) is 25.8 Å². The number of hydrogen-bond acceptors (Lipinski definition) is 5. The molecular weight excluding hydrogens is 272 g/mol. The van der Waals surface area contributed by atoms with Crippen molar-refractivity contribution in [3.63, 3.8) is 0 Å². The van der Waals surface area contributed by atoms with Gasteiger partial charge in [0, 0.05) is 11.5 Å². The Kier molecular flexibility index (Phi) is 4.32. The van der Waals surface area contributed by atoms with E-state index in [1.165, 1.54) is 0 Å². The molecule has 1 atom stereocenters. The van der Waals surface area contributed by atoms with Gasteiger partial charge >= 0.3 is 0 Å². The molecule has 0 saturated carbocycles. The first-order valence-corrected chi connectivity index (χ1v) is 6.47. The molecule has 21 heavy (non-hydrogen) atoms. The van der Waals surface area contributed by atoms with E-state index in [0.717, 1.165) is 5.56 Å². The number of rotatable bonds is 5. The van der Waals surface area contributed by atoms with Crippen LogP contribution in [0.25, 0.3) is 11.5 Å². The number of amides is 2. The zero-order valence-electron chi connectivity index (χ0n) is 11.7. The third kappa shape index (κ3) is 3.44. The van der Waals surface area contributed by atoms with Gasteiger partial charge in [0.25, 0.3) is 0 Å². The third-order valence-corrected chi connectivity index (χ3v) is 2.80. The largest absolute Gasteiger partial charge is 0.418 e. The van der Waals surface area contributed by atoms with Crippen molar-refractivity contribution in [3.05, 3.63) is 36.2 Å². The van der Waals surface area contributed by atoms with Gasteiger partial charge in [-0.05, 0) is 12.1 Å². The topological polar surface area (TPSA) is 111 Å². The summed E-state index contributed by atoms with van der Waals surface area (Å²) in [6.45, 7) is 3.41. The molecule has 1 aromatic carbocycles. The molecule has 2 amide bonds. The number of hydrogen-bond donors (Lipinski definition) is 2. The first-order valence-electron chi connectivity index (χ1n) is 6.47. The molecule has 0 radical (unpaired) electrons. The number of primary amides is 1. The molecule has 0 aliphatic carbocycles. The monoisotopic (exact) mass is 288 g/mol. The van der Waals surface area contributed by atoms with Crippen LogP contribution in [0.3, 0.4) is 0 Å². The van der Waals surface area contributed by atoms with Gasteiger partial charge in [-0.15, -0.1) is 10.2 Å². The molecule has 0 aliphatic rings. The quantitative estimate of drug-likeness (QED) is 0.853. The molecule has 1 aromatic heterocycles. The van der Waals surface area contributed by atoms with Crippen molar-refractivity contribution in [2.45, 2.75) is 19.9 Å². The molecule has 2 aromatic rings. The SMILES string of the molecule is CC(C)C(=O)NC(C(N)=O)c1nnc(-c2ccccc2)o1. The fourth-order valence-electron chi connectivity index (χ4n) is 1.61. The maximum Gasteiger partial charge on any atom is 0.249 e. The lowest BCUT2D eigenvalue weighted by Crippen LogP contribution is -2.39. The van der Waals surface area contributed by atoms with Gasteiger partial charge in [0.05, 0.1) is 0 Å². The highest BCUT2D eigenvalue weighted by atomic mass is 16.4. The lowest BCUT2D eigenvalue weighted by atomic mass is 10.2. The van der Waals surface area contributed by atoms with Crippen LogP contribution in [0.4, 0.5) is 0 Å².